The van der Waals surface area contributed by atoms with Crippen LogP contribution in [0.4, 0.5) is 4.39 Å². The lowest BCUT2D eigenvalue weighted by Gasteiger charge is -2.20. The van der Waals surface area contributed by atoms with E-state index in [0.29, 0.717) is 6.54 Å². The zero-order chi connectivity index (χ0) is 12.8. The fourth-order valence-electron chi connectivity index (χ4n) is 1.57. The minimum absolute atomic E-state index is 0.0462. The Morgan fingerprint density at radius 1 is 1.47 bits per heavy atom. The normalized spacial score (nSPS) is 13.1. The molecule has 0 heterocycles. The van der Waals surface area contributed by atoms with E-state index >= 15 is 0 Å². The third kappa shape index (κ3) is 4.71. The summed E-state index contributed by atoms with van der Waals surface area (Å²) in [4.78, 5) is 2.10. The average molecular weight is 304 g/mol. The van der Waals surface area contributed by atoms with Gasteiger partial charge in [-0.2, -0.15) is 0 Å². The molecular weight excluding hydrogens is 285 g/mol. The van der Waals surface area contributed by atoms with Gasteiger partial charge in [-0.25, -0.2) is 4.39 Å². The highest BCUT2D eigenvalue weighted by molar-refractivity contribution is 9.10. The fourth-order valence-corrected chi connectivity index (χ4v) is 2.19. The number of benzene rings is 1. The lowest BCUT2D eigenvalue weighted by molar-refractivity contribution is 0.385. The van der Waals surface area contributed by atoms with E-state index in [1.54, 1.807) is 6.07 Å². The summed E-state index contributed by atoms with van der Waals surface area (Å²) < 4.78 is 13.7. The SMILES string of the molecule is CN(C)CCNC(CN)c1ccc(F)cc1Br. The van der Waals surface area contributed by atoms with Gasteiger partial charge in [0.25, 0.3) is 0 Å². The van der Waals surface area contributed by atoms with Crippen molar-refractivity contribution >= 4 is 15.9 Å². The van der Waals surface area contributed by atoms with E-state index in [1.165, 1.54) is 12.1 Å². The Morgan fingerprint density at radius 2 is 2.18 bits per heavy atom. The molecule has 5 heteroatoms. The van der Waals surface area contributed by atoms with Crippen LogP contribution in [0.5, 0.6) is 0 Å². The Kier molecular flexibility index (Phi) is 6.05. The number of nitrogens with two attached hydrogens (primary N) is 1. The van der Waals surface area contributed by atoms with Crippen molar-refractivity contribution in [2.75, 3.05) is 33.7 Å². The summed E-state index contributed by atoms with van der Waals surface area (Å²) in [6.07, 6.45) is 0. The van der Waals surface area contributed by atoms with Crippen LogP contribution in [-0.2, 0) is 0 Å². The van der Waals surface area contributed by atoms with E-state index in [4.69, 9.17) is 5.73 Å². The van der Waals surface area contributed by atoms with Crippen LogP contribution in [0.1, 0.15) is 11.6 Å². The molecule has 1 aromatic carbocycles. The predicted molar refractivity (Wildman–Crippen MR) is 72.5 cm³/mol. The molecule has 0 bridgehead atoms. The molecule has 1 aromatic rings. The second kappa shape index (κ2) is 7.06. The summed E-state index contributed by atoms with van der Waals surface area (Å²) in [7, 11) is 4.04. The molecule has 0 radical (unpaired) electrons. The highest BCUT2D eigenvalue weighted by Gasteiger charge is 2.12. The minimum atomic E-state index is -0.246. The van der Waals surface area contributed by atoms with Crippen molar-refractivity contribution in [3.8, 4) is 0 Å². The van der Waals surface area contributed by atoms with Gasteiger partial charge >= 0.3 is 0 Å². The first-order valence-corrected chi connectivity index (χ1v) is 6.37. The summed E-state index contributed by atoms with van der Waals surface area (Å²) in [6.45, 7) is 2.27. The topological polar surface area (TPSA) is 41.3 Å². The van der Waals surface area contributed by atoms with Gasteiger partial charge in [0.2, 0.25) is 0 Å². The molecule has 3 N–H and O–H groups in total. The van der Waals surface area contributed by atoms with Crippen LogP contribution in [0.25, 0.3) is 0 Å². The molecule has 0 aliphatic rings. The summed E-state index contributed by atoms with van der Waals surface area (Å²) >= 11 is 3.36. The summed E-state index contributed by atoms with van der Waals surface area (Å²) in [5.74, 6) is -0.246. The summed E-state index contributed by atoms with van der Waals surface area (Å²) in [6, 6.07) is 4.73. The molecular formula is C12H19BrFN3. The van der Waals surface area contributed by atoms with E-state index < -0.39 is 0 Å². The molecule has 96 valence electrons. The molecule has 17 heavy (non-hydrogen) atoms. The van der Waals surface area contributed by atoms with Crippen molar-refractivity contribution in [3.05, 3.63) is 34.1 Å². The van der Waals surface area contributed by atoms with E-state index in [2.05, 4.69) is 26.1 Å². The fraction of sp³-hybridized carbons (Fsp3) is 0.500. The molecule has 1 unspecified atom stereocenters. The molecule has 0 aromatic heterocycles. The predicted octanol–water partition coefficient (Wildman–Crippen LogP) is 1.74. The molecule has 1 atom stereocenters. The summed E-state index contributed by atoms with van der Waals surface area (Å²) in [5, 5.41) is 3.36. The van der Waals surface area contributed by atoms with Gasteiger partial charge in [-0.15, -0.1) is 0 Å². The zero-order valence-corrected chi connectivity index (χ0v) is 11.8. The second-order valence-corrected chi connectivity index (χ2v) is 5.07. The Bertz CT molecular complexity index is 358. The molecule has 0 spiro atoms. The Balaban J connectivity index is 2.66. The first-order valence-electron chi connectivity index (χ1n) is 5.57. The number of halogens is 2. The van der Waals surface area contributed by atoms with Crippen molar-refractivity contribution in [3.63, 3.8) is 0 Å². The molecule has 3 nitrogen and oxygen atoms in total. The zero-order valence-electron chi connectivity index (χ0n) is 10.2. The van der Waals surface area contributed by atoms with Gasteiger partial charge in [0, 0.05) is 30.1 Å². The van der Waals surface area contributed by atoms with Crippen LogP contribution in [0.15, 0.2) is 22.7 Å². The van der Waals surface area contributed by atoms with Gasteiger partial charge in [-0.05, 0) is 31.8 Å². The Hall–Kier alpha value is -0.490. The molecule has 0 amide bonds. The van der Waals surface area contributed by atoms with Gasteiger partial charge in [0.05, 0.1) is 0 Å². The van der Waals surface area contributed by atoms with Crippen molar-refractivity contribution in [2.24, 2.45) is 5.73 Å². The van der Waals surface area contributed by atoms with Crippen molar-refractivity contribution in [1.82, 2.24) is 10.2 Å². The van der Waals surface area contributed by atoms with Crippen LogP contribution in [0, 0.1) is 5.82 Å². The maximum atomic E-state index is 13.0. The van der Waals surface area contributed by atoms with E-state index in [0.717, 1.165) is 23.1 Å². The number of rotatable bonds is 6. The minimum Gasteiger partial charge on any atom is -0.329 e. The molecule has 0 aliphatic carbocycles. The smallest absolute Gasteiger partial charge is 0.124 e. The third-order valence-electron chi connectivity index (χ3n) is 2.52. The maximum absolute atomic E-state index is 13.0. The van der Waals surface area contributed by atoms with Crippen LogP contribution in [-0.4, -0.2) is 38.6 Å². The van der Waals surface area contributed by atoms with Gasteiger partial charge in [0.15, 0.2) is 0 Å². The first kappa shape index (κ1) is 14.6. The maximum Gasteiger partial charge on any atom is 0.124 e. The number of nitrogens with zero attached hydrogens (tertiary/aromatic N) is 1. The van der Waals surface area contributed by atoms with E-state index in [1.807, 2.05) is 14.1 Å². The quantitative estimate of drug-likeness (QED) is 0.841. The molecule has 0 saturated carbocycles. The van der Waals surface area contributed by atoms with E-state index in [9.17, 15) is 4.39 Å². The lowest BCUT2D eigenvalue weighted by Crippen LogP contribution is -2.33. The Morgan fingerprint density at radius 3 is 2.71 bits per heavy atom. The van der Waals surface area contributed by atoms with Crippen LogP contribution in [0.3, 0.4) is 0 Å². The van der Waals surface area contributed by atoms with Gasteiger partial charge < -0.3 is 16.0 Å². The van der Waals surface area contributed by atoms with Crippen molar-refractivity contribution in [1.29, 1.82) is 0 Å². The first-order chi connectivity index (χ1) is 8.04. The monoisotopic (exact) mass is 303 g/mol. The van der Waals surface area contributed by atoms with Gasteiger partial charge in [-0.1, -0.05) is 22.0 Å². The standard InChI is InChI=1S/C12H19BrFN3/c1-17(2)6-5-16-12(8-15)10-4-3-9(14)7-11(10)13/h3-4,7,12,16H,5-6,8,15H2,1-2H3. The largest absolute Gasteiger partial charge is 0.329 e. The molecule has 1 rings (SSSR count). The highest BCUT2D eigenvalue weighted by Crippen LogP contribution is 2.23. The average Bonchev–Trinajstić information content (AvgIpc) is 2.25. The van der Waals surface area contributed by atoms with Crippen molar-refractivity contribution in [2.45, 2.75) is 6.04 Å². The van der Waals surface area contributed by atoms with Crippen LogP contribution >= 0.6 is 15.9 Å². The molecule has 0 fully saturated rings. The summed E-state index contributed by atoms with van der Waals surface area (Å²) in [5.41, 5.74) is 6.73. The lowest BCUT2D eigenvalue weighted by atomic mass is 10.1. The van der Waals surface area contributed by atoms with Crippen LogP contribution in [0.2, 0.25) is 0 Å². The number of likely N-dealkylation sites (N-methyl/N-ethyl adjacent to an activating group) is 1. The Labute approximate surface area is 110 Å². The molecule has 0 saturated heterocycles. The highest BCUT2D eigenvalue weighted by atomic mass is 79.9. The number of hydrogen-bond donors (Lipinski definition) is 2. The van der Waals surface area contributed by atoms with Crippen LogP contribution < -0.4 is 11.1 Å². The third-order valence-corrected chi connectivity index (χ3v) is 3.21. The van der Waals surface area contributed by atoms with Crippen molar-refractivity contribution < 1.29 is 4.39 Å². The molecule has 0 aliphatic heterocycles. The number of nitrogens with one attached hydrogen (secondary N) is 1. The van der Waals surface area contributed by atoms with Gasteiger partial charge in [-0.3, -0.25) is 0 Å². The number of hydrogen-bond acceptors (Lipinski definition) is 3. The van der Waals surface area contributed by atoms with E-state index in [-0.39, 0.29) is 11.9 Å². The van der Waals surface area contributed by atoms with Gasteiger partial charge in [0.1, 0.15) is 5.82 Å². The second-order valence-electron chi connectivity index (χ2n) is 4.21.